The maximum absolute atomic E-state index is 11.3. The van der Waals surface area contributed by atoms with Crippen molar-refractivity contribution in [3.8, 4) is 0 Å². The van der Waals surface area contributed by atoms with Gasteiger partial charge in [-0.2, -0.15) is 4.89 Å². The minimum Gasteiger partial charge on any atom is -0.269 e. The van der Waals surface area contributed by atoms with Crippen LogP contribution in [0.3, 0.4) is 0 Å². The van der Waals surface area contributed by atoms with Crippen molar-refractivity contribution in [1.82, 2.24) is 0 Å². The molecule has 4 nitrogen and oxygen atoms in total. The van der Waals surface area contributed by atoms with Gasteiger partial charge in [-0.25, -0.2) is 4.79 Å². The molecule has 4 heteroatoms. The first-order chi connectivity index (χ1) is 7.85. The Morgan fingerprint density at radius 3 is 2.47 bits per heavy atom. The molecule has 0 heterocycles. The lowest BCUT2D eigenvalue weighted by Crippen LogP contribution is -2.16. The molecule has 0 radical (unpaired) electrons. The predicted molar refractivity (Wildman–Crippen MR) is 65.9 cm³/mol. The maximum Gasteiger partial charge on any atom is 0.345 e. The Morgan fingerprint density at radius 2 is 1.94 bits per heavy atom. The summed E-state index contributed by atoms with van der Waals surface area (Å²) in [6, 6.07) is 0. The summed E-state index contributed by atoms with van der Waals surface area (Å²) in [7, 11) is 0. The fourth-order valence-electron chi connectivity index (χ4n) is 1.74. The number of hydrogen-bond acceptors (Lipinski definition) is 4. The molecule has 0 aliphatic rings. The molecule has 0 N–H and O–H groups in total. The second-order valence-electron chi connectivity index (χ2n) is 5.77. The van der Waals surface area contributed by atoms with Gasteiger partial charge in [-0.3, -0.25) is 4.89 Å². The molecule has 0 rings (SSSR count). The van der Waals surface area contributed by atoms with Gasteiger partial charge in [0.15, 0.2) is 0 Å². The maximum atomic E-state index is 11.3. The van der Waals surface area contributed by atoms with Crippen LogP contribution in [-0.2, 0) is 19.6 Å². The average molecular weight is 246 g/mol. The van der Waals surface area contributed by atoms with Crippen LogP contribution in [0, 0.1) is 11.3 Å². The largest absolute Gasteiger partial charge is 0.345 e. The van der Waals surface area contributed by atoms with Gasteiger partial charge in [-0.05, 0) is 29.2 Å². The zero-order chi connectivity index (χ0) is 13.3. The van der Waals surface area contributed by atoms with Crippen LogP contribution in [0.1, 0.15) is 60.3 Å². The Balaban J connectivity index is 3.58. The first kappa shape index (κ1) is 16.4. The molecule has 1 unspecified atom stereocenters. The third kappa shape index (κ3) is 11.6. The summed E-state index contributed by atoms with van der Waals surface area (Å²) in [6.45, 7) is 11.0. The highest BCUT2D eigenvalue weighted by molar-refractivity contribution is 5.68. The van der Waals surface area contributed by atoms with Gasteiger partial charge >= 0.3 is 5.97 Å². The van der Waals surface area contributed by atoms with Crippen molar-refractivity contribution in [2.75, 3.05) is 6.61 Å². The molecule has 0 saturated heterocycles. The van der Waals surface area contributed by atoms with Crippen molar-refractivity contribution < 1.29 is 19.6 Å². The van der Waals surface area contributed by atoms with Gasteiger partial charge in [0.05, 0.1) is 13.0 Å². The molecule has 0 aliphatic heterocycles. The molecule has 0 aliphatic carbocycles. The molecule has 17 heavy (non-hydrogen) atoms. The predicted octanol–water partition coefficient (Wildman–Crippen LogP) is 3.66. The Hall–Kier alpha value is -0.610. The van der Waals surface area contributed by atoms with Gasteiger partial charge in [0.25, 0.3) is 0 Å². The van der Waals surface area contributed by atoms with Crippen LogP contribution in [0.25, 0.3) is 0 Å². The molecular formula is C13H26O4. The summed E-state index contributed by atoms with van der Waals surface area (Å²) in [5, 5.41) is 4.38. The normalized spacial score (nSPS) is 13.5. The van der Waals surface area contributed by atoms with Gasteiger partial charge in [0.1, 0.15) is 0 Å². The van der Waals surface area contributed by atoms with Crippen LogP contribution >= 0.6 is 0 Å². The summed E-state index contributed by atoms with van der Waals surface area (Å²) in [5.74, 6) is -0.0972. The smallest absolute Gasteiger partial charge is 0.269 e. The van der Waals surface area contributed by atoms with Gasteiger partial charge in [-0.1, -0.05) is 41.0 Å². The quantitative estimate of drug-likeness (QED) is 0.372. The van der Waals surface area contributed by atoms with Crippen molar-refractivity contribution in [1.29, 1.82) is 0 Å². The number of carbonyl (C=O) groups excluding carboxylic acids is 1. The second-order valence-corrected chi connectivity index (χ2v) is 5.77. The molecule has 1 atom stereocenters. The van der Waals surface area contributed by atoms with Crippen LogP contribution in [0.5, 0.6) is 0 Å². The van der Waals surface area contributed by atoms with E-state index in [1.165, 1.54) is 0 Å². The van der Waals surface area contributed by atoms with Crippen LogP contribution in [0.4, 0.5) is 0 Å². The summed E-state index contributed by atoms with van der Waals surface area (Å²) >= 11 is 0. The number of unbranched alkanes of at least 4 members (excludes halogenated alkanes) is 1. The Kier molecular flexibility index (Phi) is 8.17. The Morgan fingerprint density at radius 1 is 1.29 bits per heavy atom. The first-order valence-electron chi connectivity index (χ1n) is 6.34. The minimum absolute atomic E-state index is 0.220. The number of hydrogen-bond donors (Lipinski definition) is 0. The summed E-state index contributed by atoms with van der Waals surface area (Å²) in [4.78, 5) is 20.5. The molecule has 102 valence electrons. The molecule has 0 fully saturated rings. The molecule has 0 aromatic rings. The van der Waals surface area contributed by atoms with E-state index in [2.05, 4.69) is 35.6 Å². The monoisotopic (exact) mass is 246 g/mol. The molecule has 0 saturated carbocycles. The average Bonchev–Trinajstić information content (AvgIpc) is 2.14. The molecule has 0 aromatic heterocycles. The standard InChI is InChI=1S/C13H26O4/c1-6-7-8-15-17-16-12(14)9-11(2)10-13(3,4)5/h11H,6-10H2,1-5H3. The zero-order valence-electron chi connectivity index (χ0n) is 11.7. The van der Waals surface area contributed by atoms with E-state index < -0.39 is 0 Å². The minimum atomic E-state index is -0.377. The topological polar surface area (TPSA) is 44.8 Å². The summed E-state index contributed by atoms with van der Waals surface area (Å²) < 4.78 is 0. The van der Waals surface area contributed by atoms with Crippen LogP contribution < -0.4 is 0 Å². The summed E-state index contributed by atoms with van der Waals surface area (Å²) in [6.07, 6.45) is 3.23. The van der Waals surface area contributed by atoms with E-state index in [-0.39, 0.29) is 17.3 Å². The van der Waals surface area contributed by atoms with E-state index in [0.29, 0.717) is 13.0 Å². The Labute approximate surface area is 104 Å². The van der Waals surface area contributed by atoms with Gasteiger partial charge in [0.2, 0.25) is 0 Å². The van der Waals surface area contributed by atoms with Gasteiger partial charge in [0, 0.05) is 0 Å². The number of rotatable bonds is 8. The van der Waals surface area contributed by atoms with Crippen molar-refractivity contribution in [3.05, 3.63) is 0 Å². The van der Waals surface area contributed by atoms with Crippen LogP contribution in [-0.4, -0.2) is 12.6 Å². The van der Waals surface area contributed by atoms with E-state index in [9.17, 15) is 4.79 Å². The van der Waals surface area contributed by atoms with Crippen molar-refractivity contribution in [3.63, 3.8) is 0 Å². The van der Waals surface area contributed by atoms with Gasteiger partial charge in [-0.15, -0.1) is 0 Å². The van der Waals surface area contributed by atoms with E-state index >= 15 is 0 Å². The van der Waals surface area contributed by atoms with Gasteiger partial charge < -0.3 is 0 Å². The highest BCUT2D eigenvalue weighted by Crippen LogP contribution is 2.26. The van der Waals surface area contributed by atoms with Crippen molar-refractivity contribution in [2.24, 2.45) is 11.3 Å². The van der Waals surface area contributed by atoms with E-state index in [1.54, 1.807) is 0 Å². The first-order valence-corrected chi connectivity index (χ1v) is 6.34. The van der Waals surface area contributed by atoms with E-state index in [0.717, 1.165) is 19.3 Å². The molecule has 0 aromatic carbocycles. The molecule has 0 bridgehead atoms. The van der Waals surface area contributed by atoms with Crippen molar-refractivity contribution in [2.45, 2.75) is 60.3 Å². The lowest BCUT2D eigenvalue weighted by molar-refractivity contribution is -0.486. The SMILES string of the molecule is CCCCOOOC(=O)CC(C)CC(C)(C)C. The fourth-order valence-corrected chi connectivity index (χ4v) is 1.74. The fraction of sp³-hybridized carbons (Fsp3) is 0.923. The van der Waals surface area contributed by atoms with E-state index in [1.807, 2.05) is 13.8 Å². The third-order valence-electron chi connectivity index (χ3n) is 2.23. The lowest BCUT2D eigenvalue weighted by atomic mass is 9.84. The Bertz CT molecular complexity index is 208. The molecule has 0 spiro atoms. The molecular weight excluding hydrogens is 220 g/mol. The lowest BCUT2D eigenvalue weighted by Gasteiger charge is -2.22. The highest BCUT2D eigenvalue weighted by atomic mass is 17.5. The summed E-state index contributed by atoms with van der Waals surface area (Å²) in [5.41, 5.74) is 0.220. The van der Waals surface area contributed by atoms with Crippen LogP contribution in [0.15, 0.2) is 0 Å². The van der Waals surface area contributed by atoms with Crippen LogP contribution in [0.2, 0.25) is 0 Å². The molecule has 0 amide bonds. The zero-order valence-corrected chi connectivity index (χ0v) is 11.7. The van der Waals surface area contributed by atoms with Crippen molar-refractivity contribution >= 4 is 5.97 Å². The second kappa shape index (κ2) is 8.48. The highest BCUT2D eigenvalue weighted by Gasteiger charge is 2.18. The number of carbonyl (C=O) groups is 1. The third-order valence-corrected chi connectivity index (χ3v) is 2.23. The van der Waals surface area contributed by atoms with E-state index in [4.69, 9.17) is 0 Å².